The molecular weight excluding hydrogens is 396 g/mol. The van der Waals surface area contributed by atoms with Crippen LogP contribution in [0.3, 0.4) is 0 Å². The van der Waals surface area contributed by atoms with Crippen LogP contribution in [0.25, 0.3) is 4.85 Å². The summed E-state index contributed by atoms with van der Waals surface area (Å²) in [4.78, 5) is 5.56. The summed E-state index contributed by atoms with van der Waals surface area (Å²) >= 11 is 0. The average Bonchev–Trinajstić information content (AvgIpc) is 2.83. The molecule has 0 aliphatic carbocycles. The Morgan fingerprint density at radius 1 is 1.10 bits per heavy atom. The number of phenols is 1. The Labute approximate surface area is 180 Å². The van der Waals surface area contributed by atoms with Gasteiger partial charge in [0.15, 0.2) is 9.84 Å². The molecule has 30 heavy (non-hydrogen) atoms. The van der Waals surface area contributed by atoms with Crippen LogP contribution in [0.2, 0.25) is 0 Å². The smallest absolute Gasteiger partial charge is 0.229 e. The van der Waals surface area contributed by atoms with Gasteiger partial charge in [-0.15, -0.1) is 0 Å². The molecule has 0 saturated heterocycles. The normalized spacial score (nSPS) is 17.0. The standard InChI is InChI=1S/C24H30N2O3S/c1-4-6-13-24(14-7-5-2)17-26(19-11-9-8-10-12-19)21-15-20(25-3)22(27)16-23(21)30(28,29)18-24/h8-12,15-16,27H,4-7,13-14,17-18H2,1-2H3. The maximum Gasteiger partial charge on any atom is 0.229 e. The molecule has 0 bridgehead atoms. The van der Waals surface area contributed by atoms with E-state index in [9.17, 15) is 13.5 Å². The third kappa shape index (κ3) is 4.46. The molecule has 0 fully saturated rings. The second-order valence-corrected chi connectivity index (χ2v) is 10.3. The van der Waals surface area contributed by atoms with Crippen LogP contribution in [0.4, 0.5) is 17.1 Å². The lowest BCUT2D eigenvalue weighted by molar-refractivity contribution is 0.270. The van der Waals surface area contributed by atoms with E-state index in [0.29, 0.717) is 12.2 Å². The van der Waals surface area contributed by atoms with Gasteiger partial charge in [0, 0.05) is 23.3 Å². The second kappa shape index (κ2) is 9.09. The zero-order valence-electron chi connectivity index (χ0n) is 17.8. The van der Waals surface area contributed by atoms with Crippen LogP contribution < -0.4 is 4.90 Å². The molecule has 160 valence electrons. The molecule has 1 N–H and O–H groups in total. The summed E-state index contributed by atoms with van der Waals surface area (Å²) in [6.07, 6.45) is 5.63. The van der Waals surface area contributed by atoms with Gasteiger partial charge in [0.25, 0.3) is 0 Å². The number of para-hydroxylation sites is 1. The average molecular weight is 427 g/mol. The highest BCUT2D eigenvalue weighted by Gasteiger charge is 2.42. The van der Waals surface area contributed by atoms with Gasteiger partial charge in [-0.2, -0.15) is 0 Å². The van der Waals surface area contributed by atoms with E-state index in [-0.39, 0.29) is 27.5 Å². The molecule has 2 aromatic carbocycles. The van der Waals surface area contributed by atoms with Crippen molar-refractivity contribution in [2.75, 3.05) is 17.2 Å². The lowest BCUT2D eigenvalue weighted by Crippen LogP contribution is -2.38. The Hall–Kier alpha value is -2.52. The molecule has 0 aromatic heterocycles. The van der Waals surface area contributed by atoms with Crippen LogP contribution in [-0.2, 0) is 9.84 Å². The van der Waals surface area contributed by atoms with Crippen LogP contribution in [0, 0.1) is 12.0 Å². The molecule has 0 saturated carbocycles. The van der Waals surface area contributed by atoms with Gasteiger partial charge in [-0.3, -0.25) is 0 Å². The summed E-state index contributed by atoms with van der Waals surface area (Å²) < 4.78 is 27.1. The van der Waals surface area contributed by atoms with Crippen molar-refractivity contribution in [1.82, 2.24) is 0 Å². The van der Waals surface area contributed by atoms with Crippen molar-refractivity contribution in [2.45, 2.75) is 57.3 Å². The minimum Gasteiger partial charge on any atom is -0.519 e. The second-order valence-electron chi connectivity index (χ2n) is 8.31. The van der Waals surface area contributed by atoms with E-state index in [1.54, 1.807) is 0 Å². The topological polar surface area (TPSA) is 62.0 Å². The first-order chi connectivity index (χ1) is 14.4. The minimum atomic E-state index is -3.64. The number of aromatic hydroxyl groups is 1. The Morgan fingerprint density at radius 3 is 2.30 bits per heavy atom. The van der Waals surface area contributed by atoms with Crippen molar-refractivity contribution >= 4 is 26.9 Å². The van der Waals surface area contributed by atoms with Crippen molar-refractivity contribution in [1.29, 1.82) is 0 Å². The molecule has 0 spiro atoms. The highest BCUT2D eigenvalue weighted by atomic mass is 32.2. The van der Waals surface area contributed by atoms with E-state index in [4.69, 9.17) is 6.57 Å². The van der Waals surface area contributed by atoms with Gasteiger partial charge in [-0.1, -0.05) is 57.7 Å². The Morgan fingerprint density at radius 2 is 1.73 bits per heavy atom. The molecule has 5 nitrogen and oxygen atoms in total. The summed E-state index contributed by atoms with van der Waals surface area (Å²) in [6, 6.07) is 12.5. The molecule has 0 atom stereocenters. The van der Waals surface area contributed by atoms with Crippen molar-refractivity contribution in [2.24, 2.45) is 5.41 Å². The number of rotatable bonds is 7. The fourth-order valence-electron chi connectivity index (χ4n) is 4.41. The number of fused-ring (bicyclic) bond motifs is 1. The predicted octanol–water partition coefficient (Wildman–Crippen LogP) is 6.24. The molecule has 0 radical (unpaired) electrons. The van der Waals surface area contributed by atoms with Crippen LogP contribution in [0.1, 0.15) is 52.4 Å². The quantitative estimate of drug-likeness (QED) is 0.533. The van der Waals surface area contributed by atoms with E-state index < -0.39 is 9.84 Å². The first-order valence-electron chi connectivity index (χ1n) is 10.7. The monoisotopic (exact) mass is 426 g/mol. The third-order valence-corrected chi connectivity index (χ3v) is 7.97. The highest BCUT2D eigenvalue weighted by Crippen LogP contribution is 2.47. The highest BCUT2D eigenvalue weighted by molar-refractivity contribution is 7.91. The summed E-state index contributed by atoms with van der Waals surface area (Å²) in [7, 11) is -3.64. The number of anilines is 2. The molecule has 1 aliphatic rings. The maximum absolute atomic E-state index is 13.5. The number of hydrogen-bond donors (Lipinski definition) is 1. The Kier molecular flexibility index (Phi) is 6.72. The van der Waals surface area contributed by atoms with Crippen LogP contribution in [0.15, 0.2) is 47.4 Å². The van der Waals surface area contributed by atoms with Gasteiger partial charge in [0.2, 0.25) is 5.69 Å². The number of phenolic OH excluding ortho intramolecular Hbond substituents is 1. The summed E-state index contributed by atoms with van der Waals surface area (Å²) in [6.45, 7) is 12.2. The molecular formula is C24H30N2O3S. The van der Waals surface area contributed by atoms with Gasteiger partial charge >= 0.3 is 0 Å². The lowest BCUT2D eigenvalue weighted by atomic mass is 9.79. The molecule has 6 heteroatoms. The first kappa shape index (κ1) is 22.2. The van der Waals surface area contributed by atoms with Gasteiger partial charge in [0.05, 0.1) is 17.2 Å². The van der Waals surface area contributed by atoms with Gasteiger partial charge < -0.3 is 10.0 Å². The van der Waals surface area contributed by atoms with Crippen molar-refractivity contribution in [3.8, 4) is 5.75 Å². The van der Waals surface area contributed by atoms with Crippen molar-refractivity contribution in [3.63, 3.8) is 0 Å². The van der Waals surface area contributed by atoms with E-state index in [1.165, 1.54) is 12.1 Å². The van der Waals surface area contributed by atoms with Crippen LogP contribution in [0.5, 0.6) is 5.75 Å². The SMILES string of the molecule is [C-]#[N+]c1cc2c(cc1O)S(=O)(=O)CC(CCCC)(CCCC)CN2c1ccccc1. The Balaban J connectivity index is 2.25. The van der Waals surface area contributed by atoms with Crippen LogP contribution >= 0.6 is 0 Å². The van der Waals surface area contributed by atoms with Crippen molar-refractivity contribution in [3.05, 3.63) is 53.9 Å². The Bertz CT molecular complexity index is 1020. The number of benzene rings is 2. The fourth-order valence-corrected chi connectivity index (χ4v) is 6.53. The predicted molar refractivity (Wildman–Crippen MR) is 121 cm³/mol. The summed E-state index contributed by atoms with van der Waals surface area (Å²) in [5.41, 5.74) is 1.07. The lowest BCUT2D eigenvalue weighted by Gasteiger charge is -2.37. The molecule has 0 amide bonds. The fraction of sp³-hybridized carbons (Fsp3) is 0.458. The van der Waals surface area contributed by atoms with Gasteiger partial charge in [0.1, 0.15) is 5.75 Å². The number of sulfone groups is 1. The molecule has 0 unspecified atom stereocenters. The zero-order valence-corrected chi connectivity index (χ0v) is 18.6. The maximum atomic E-state index is 13.5. The molecule has 1 heterocycles. The largest absolute Gasteiger partial charge is 0.519 e. The number of hydrogen-bond acceptors (Lipinski definition) is 4. The molecule has 2 aromatic rings. The molecule has 3 rings (SSSR count). The van der Waals surface area contributed by atoms with Crippen LogP contribution in [-0.4, -0.2) is 25.8 Å². The van der Waals surface area contributed by atoms with Crippen molar-refractivity contribution < 1.29 is 13.5 Å². The van der Waals surface area contributed by atoms with E-state index in [2.05, 4.69) is 18.7 Å². The summed E-state index contributed by atoms with van der Waals surface area (Å²) in [5.74, 6) is -0.220. The van der Waals surface area contributed by atoms with Gasteiger partial charge in [-0.25, -0.2) is 13.3 Å². The zero-order chi connectivity index (χ0) is 21.8. The number of unbranched alkanes of at least 4 members (excludes halogenated alkanes) is 2. The van der Waals surface area contributed by atoms with E-state index >= 15 is 0 Å². The number of nitrogens with zero attached hydrogens (tertiary/aromatic N) is 2. The van der Waals surface area contributed by atoms with E-state index in [1.807, 2.05) is 35.2 Å². The minimum absolute atomic E-state index is 0.0626. The third-order valence-electron chi connectivity index (χ3n) is 5.98. The molecule has 1 aliphatic heterocycles. The summed E-state index contributed by atoms with van der Waals surface area (Å²) in [5, 5.41) is 10.3. The van der Waals surface area contributed by atoms with Gasteiger partial charge in [-0.05, 0) is 37.1 Å². The first-order valence-corrected chi connectivity index (χ1v) is 12.3. The van der Waals surface area contributed by atoms with E-state index in [0.717, 1.165) is 44.2 Å².